The van der Waals surface area contributed by atoms with E-state index in [4.69, 9.17) is 46.4 Å². The van der Waals surface area contributed by atoms with Gasteiger partial charge in [-0.1, -0.05) is 319 Å². The van der Waals surface area contributed by atoms with Gasteiger partial charge in [0, 0.05) is 56.1 Å². The van der Waals surface area contributed by atoms with Crippen LogP contribution in [0, 0.1) is 0 Å². The molecular weight excluding hydrogens is 1250 g/mol. The molecule has 16 rings (SSSR count). The molecule has 0 spiro atoms. The van der Waals surface area contributed by atoms with Crippen LogP contribution in [-0.2, 0) is 21.7 Å². The average molecular weight is 1360 g/mol. The van der Waals surface area contributed by atoms with Gasteiger partial charge in [0.05, 0.1) is 38.8 Å². The number of fused-ring (bicyclic) bond motifs is 4. The molecule has 0 radical (unpaired) electrons. The van der Waals surface area contributed by atoms with E-state index in [1.807, 2.05) is 129 Å². The quantitative estimate of drug-likeness (QED) is 0.118. The minimum atomic E-state index is -0.902. The van der Waals surface area contributed by atoms with Crippen LogP contribution in [0.4, 0.5) is 34.1 Å². The van der Waals surface area contributed by atoms with Crippen LogP contribution in [0.1, 0.15) is 133 Å². The molecule has 0 bridgehead atoms. The second-order valence-corrected chi connectivity index (χ2v) is 30.2. The van der Waals surface area contributed by atoms with Crippen LogP contribution in [-0.4, -0.2) is 36.6 Å². The van der Waals surface area contributed by atoms with Crippen molar-refractivity contribution in [3.8, 4) is 102 Å². The Hall–Kier alpha value is -11.7. The Morgan fingerprint density at radius 3 is 0.932 bits per heavy atom. The van der Waals surface area contributed by atoms with Gasteiger partial charge in [-0.25, -0.2) is 29.9 Å². The van der Waals surface area contributed by atoms with Gasteiger partial charge < -0.3 is 9.80 Å². The number of hydrogen-bond acceptors (Lipinski definition) is 8. The highest BCUT2D eigenvalue weighted by molar-refractivity contribution is 7.00. The van der Waals surface area contributed by atoms with Crippen molar-refractivity contribution in [2.45, 2.75) is 105 Å². The zero-order valence-electron chi connectivity index (χ0n) is 79.2. The molecule has 0 saturated carbocycles. The van der Waals surface area contributed by atoms with Crippen LogP contribution in [0.15, 0.2) is 285 Å². The summed E-state index contributed by atoms with van der Waals surface area (Å²) < 4.78 is 184. The molecule has 0 unspecified atom stereocenters. The highest BCUT2D eigenvalue weighted by Crippen LogP contribution is 2.52. The summed E-state index contributed by atoms with van der Waals surface area (Å²) in [6.45, 7) is 24.2. The van der Waals surface area contributed by atoms with Gasteiger partial charge in [-0.15, -0.1) is 0 Å². The van der Waals surface area contributed by atoms with Gasteiger partial charge in [0.25, 0.3) is 6.71 Å². The minimum absolute atomic E-state index is 0.0778. The van der Waals surface area contributed by atoms with Crippen LogP contribution in [0.25, 0.3) is 102 Å². The van der Waals surface area contributed by atoms with Gasteiger partial charge in [-0.05, 0) is 142 Å². The highest BCUT2D eigenvalue weighted by atomic mass is 15.2. The predicted molar refractivity (Wildman–Crippen MR) is 431 cm³/mol. The summed E-state index contributed by atoms with van der Waals surface area (Å²) in [4.78, 5) is 35.2. The fourth-order valence-corrected chi connectivity index (χ4v) is 13.6. The van der Waals surface area contributed by atoms with E-state index >= 15 is 0 Å². The maximum Gasteiger partial charge on any atom is 0.252 e. The lowest BCUT2D eigenvalue weighted by atomic mass is 9.33. The second-order valence-electron chi connectivity index (χ2n) is 30.2. The van der Waals surface area contributed by atoms with Gasteiger partial charge in [-0.3, -0.25) is 0 Å². The Kier molecular flexibility index (Phi) is 11.7. The lowest BCUT2D eigenvalue weighted by Crippen LogP contribution is -2.61. The lowest BCUT2D eigenvalue weighted by Gasteiger charge is -2.45. The molecule has 2 aliphatic rings. The van der Waals surface area contributed by atoms with E-state index in [2.05, 4.69) is 110 Å². The summed E-state index contributed by atoms with van der Waals surface area (Å²) >= 11 is 0. The van der Waals surface area contributed by atoms with Crippen LogP contribution in [0.2, 0.25) is 0 Å². The summed E-state index contributed by atoms with van der Waals surface area (Å²) in [6.07, 6.45) is 0. The van der Waals surface area contributed by atoms with Crippen LogP contribution < -0.4 is 26.2 Å². The maximum atomic E-state index is 9.64. The van der Waals surface area contributed by atoms with Gasteiger partial charge in [-0.2, -0.15) is 0 Å². The van der Waals surface area contributed by atoms with Crippen molar-refractivity contribution in [1.82, 2.24) is 29.9 Å². The Bertz CT molecular complexity index is 6550. The molecule has 14 aromatic rings. The molecule has 0 fully saturated rings. The van der Waals surface area contributed by atoms with Crippen molar-refractivity contribution in [1.29, 1.82) is 0 Å². The molecule has 12 aromatic carbocycles. The predicted octanol–water partition coefficient (Wildman–Crippen LogP) is 22.3. The molecular formula is C94H83BN8. The lowest BCUT2D eigenvalue weighted by molar-refractivity contribution is 0.569. The topological polar surface area (TPSA) is 83.8 Å². The highest BCUT2D eigenvalue weighted by Gasteiger charge is 2.45. The van der Waals surface area contributed by atoms with E-state index in [1.54, 1.807) is 18.2 Å². The van der Waals surface area contributed by atoms with Crippen molar-refractivity contribution < 1.29 is 27.4 Å². The zero-order valence-corrected chi connectivity index (χ0v) is 59.2. The number of aromatic nitrogens is 6. The third-order valence-electron chi connectivity index (χ3n) is 19.1. The molecule has 0 amide bonds. The average Bonchev–Trinajstić information content (AvgIpc) is 0.687. The third kappa shape index (κ3) is 12.6. The molecule has 9 heteroatoms. The van der Waals surface area contributed by atoms with E-state index < -0.39 is 172 Å². The Labute approximate surface area is 635 Å². The first-order valence-electron chi connectivity index (χ1n) is 44.3. The second kappa shape index (κ2) is 25.7. The van der Waals surface area contributed by atoms with Crippen LogP contribution in [0.5, 0.6) is 0 Å². The van der Waals surface area contributed by atoms with Gasteiger partial charge in [0.15, 0.2) is 34.9 Å². The molecule has 103 heavy (non-hydrogen) atoms. The SMILES string of the molecule is [2H]c1c([2H])c([2H])c(-c2ccc3c(c2)N(c2ccc(C(C)(C)C)cc2-c2nc(-c4ccccc4)nc(-c4ccccc4)n2)c2cc(-c4cc(C(C)(C)C)cc(C(C)(C)C)c4)cc4c2B3c2ccc(-c3c([2H])c([2H])c([2H])c([2H])c3[2H])cc2N4c2ccc(C(C)(C)C)cc2-c2nc(-c3c([2H])c([2H])c([2H])c([2H])c3[2H])nc(-c3c([2H])c([2H])c([2H])c([2H])c3[2H])n2)c([2H])c1[2H]. The van der Waals surface area contributed by atoms with Crippen molar-refractivity contribution in [2.24, 2.45) is 0 Å². The number of rotatable bonds is 11. The van der Waals surface area contributed by atoms with E-state index in [1.165, 1.54) is 0 Å². The third-order valence-corrected chi connectivity index (χ3v) is 19.1. The molecule has 502 valence electrons. The first-order chi connectivity index (χ1) is 57.8. The smallest absolute Gasteiger partial charge is 0.252 e. The molecule has 8 nitrogen and oxygen atoms in total. The number of benzene rings is 12. The zero-order chi connectivity index (χ0) is 88.5. The monoisotopic (exact) mass is 1350 g/mol. The first kappa shape index (κ1) is 46.7. The Balaban J connectivity index is 1.13. The fourth-order valence-electron chi connectivity index (χ4n) is 13.6. The van der Waals surface area contributed by atoms with Crippen molar-refractivity contribution >= 4 is 57.2 Å². The van der Waals surface area contributed by atoms with Gasteiger partial charge in [0.1, 0.15) is 0 Å². The van der Waals surface area contributed by atoms with Gasteiger partial charge in [0.2, 0.25) is 0 Å². The molecule has 0 aliphatic carbocycles. The summed E-state index contributed by atoms with van der Waals surface area (Å²) in [6, 6.07) is 39.8. The van der Waals surface area contributed by atoms with Crippen molar-refractivity contribution in [2.75, 3.05) is 9.80 Å². The molecule has 4 heterocycles. The summed E-state index contributed by atoms with van der Waals surface area (Å²) in [7, 11) is 0. The van der Waals surface area contributed by atoms with Crippen LogP contribution >= 0.6 is 0 Å². The van der Waals surface area contributed by atoms with Crippen molar-refractivity contribution in [3.05, 3.63) is 307 Å². The van der Waals surface area contributed by atoms with Crippen molar-refractivity contribution in [3.63, 3.8) is 0 Å². The normalized spacial score (nSPS) is 15.5. The van der Waals surface area contributed by atoms with E-state index in [-0.39, 0.29) is 45.2 Å². The number of nitrogens with zero attached hydrogens (tertiary/aromatic N) is 8. The van der Waals surface area contributed by atoms with E-state index in [9.17, 15) is 11.0 Å². The number of hydrogen-bond donors (Lipinski definition) is 0. The summed E-state index contributed by atoms with van der Waals surface area (Å²) in [5.41, 5.74) is 8.48. The first-order valence-corrected chi connectivity index (χ1v) is 34.3. The molecule has 0 atom stereocenters. The molecule has 0 saturated heterocycles. The van der Waals surface area contributed by atoms with E-state index in [0.29, 0.717) is 84.3 Å². The van der Waals surface area contributed by atoms with Crippen LogP contribution in [0.3, 0.4) is 0 Å². The Morgan fingerprint density at radius 1 is 0.252 bits per heavy atom. The van der Waals surface area contributed by atoms with Gasteiger partial charge >= 0.3 is 0 Å². The molecule has 2 aliphatic heterocycles. The Morgan fingerprint density at radius 2 is 0.573 bits per heavy atom. The largest absolute Gasteiger partial charge is 0.311 e. The maximum absolute atomic E-state index is 9.64. The minimum Gasteiger partial charge on any atom is -0.311 e. The standard InChI is InChI=1S/C94H83BN8/c1-91(2,3)70-45-49-78(74(58-70)89-98-85(62-35-23-15-24-36-62)96-86(99-89)63-37-25-16-26-38-63)102-80-53-66(60-31-19-13-20-32-60)43-47-76(80)95-77-48-44-67(61-33-21-14-22-34-61)54-81(77)103(83-56-69(55-82(102)84(83)95)68-51-72(93(7,8)9)57-73(52-68)94(10,11)12)79-50-46-71(92(4,5)6)59-75(79)90-100-87(64-39-27-17-28-40-64)97-88(101-90)65-41-29-18-30-42-65/h13-59H,1-12H3/i13D,14D,15D,16D,19D,20D,21D,22D,23D,24D,25D,26D,31D,32D,33D,34D,35D,36D,37D,38D. The number of anilines is 6. The summed E-state index contributed by atoms with van der Waals surface area (Å²) in [5, 5.41) is 0. The summed E-state index contributed by atoms with van der Waals surface area (Å²) in [5.74, 6) is -0.305. The molecule has 2 aromatic heterocycles. The van der Waals surface area contributed by atoms with E-state index in [0.717, 1.165) is 22.3 Å². The molecule has 0 N–H and O–H groups in total. The fraction of sp³-hybridized carbons (Fsp3) is 0.170.